The van der Waals surface area contributed by atoms with Crippen molar-refractivity contribution in [2.24, 2.45) is 0 Å². The Labute approximate surface area is 89.5 Å². The third-order valence-corrected chi connectivity index (χ3v) is 1.47. The van der Waals surface area contributed by atoms with Gasteiger partial charge in [-0.15, -0.1) is 0 Å². The van der Waals surface area contributed by atoms with Crippen LogP contribution in [0.1, 0.15) is 29.9 Å². The molecule has 4 nitrogen and oxygen atoms in total. The first-order chi connectivity index (χ1) is 7.32. The van der Waals surface area contributed by atoms with Gasteiger partial charge in [0, 0.05) is 16.9 Å². The van der Waals surface area contributed by atoms with Crippen molar-refractivity contribution in [3.05, 3.63) is 29.6 Å². The first-order valence-corrected chi connectivity index (χ1v) is 4.38. The molecule has 1 aromatic rings. The summed E-state index contributed by atoms with van der Waals surface area (Å²) in [5.74, 6) is -1.49. The summed E-state index contributed by atoms with van der Waals surface area (Å²) in [5.41, 5.74) is -1.97. The van der Waals surface area contributed by atoms with Gasteiger partial charge in [0.15, 0.2) is 0 Å². The SMILES string of the molecule is CC.O=C(O)c1cc[n+](O)c(C(F)(F)F)c1. The Morgan fingerprint density at radius 3 is 2.25 bits per heavy atom. The summed E-state index contributed by atoms with van der Waals surface area (Å²) in [5, 5.41) is 17.2. The number of carboxylic acid groups (broad SMARTS) is 1. The molecule has 1 heterocycles. The van der Waals surface area contributed by atoms with E-state index in [0.29, 0.717) is 12.3 Å². The average molecular weight is 238 g/mol. The van der Waals surface area contributed by atoms with Crippen molar-refractivity contribution >= 4 is 5.97 Å². The Morgan fingerprint density at radius 1 is 1.38 bits per heavy atom. The van der Waals surface area contributed by atoms with Crippen LogP contribution in [0.25, 0.3) is 0 Å². The van der Waals surface area contributed by atoms with Crippen LogP contribution in [0.4, 0.5) is 13.2 Å². The first-order valence-electron chi connectivity index (χ1n) is 4.38. The first kappa shape index (κ1) is 14.2. The molecule has 7 heteroatoms. The predicted molar refractivity (Wildman–Crippen MR) is 47.1 cm³/mol. The van der Waals surface area contributed by atoms with Crippen molar-refractivity contribution in [1.82, 2.24) is 0 Å². The molecule has 0 aliphatic carbocycles. The van der Waals surface area contributed by atoms with Gasteiger partial charge in [-0.05, 0) is 0 Å². The third kappa shape index (κ3) is 3.41. The van der Waals surface area contributed by atoms with E-state index < -0.39 is 23.4 Å². The third-order valence-electron chi connectivity index (χ3n) is 1.47. The number of pyridine rings is 1. The fourth-order valence-electron chi connectivity index (χ4n) is 0.837. The lowest BCUT2D eigenvalue weighted by molar-refractivity contribution is -0.915. The summed E-state index contributed by atoms with van der Waals surface area (Å²) < 4.78 is 36.2. The number of hydrogen-bond acceptors (Lipinski definition) is 2. The van der Waals surface area contributed by atoms with Crippen molar-refractivity contribution in [3.8, 4) is 0 Å². The highest BCUT2D eigenvalue weighted by atomic mass is 19.4. The van der Waals surface area contributed by atoms with Crippen molar-refractivity contribution in [2.45, 2.75) is 20.0 Å². The molecule has 0 atom stereocenters. The van der Waals surface area contributed by atoms with E-state index in [-0.39, 0.29) is 4.73 Å². The van der Waals surface area contributed by atoms with Gasteiger partial charge >= 0.3 is 17.8 Å². The molecular formula is C9H11F3NO3+. The molecule has 0 saturated carbocycles. The van der Waals surface area contributed by atoms with Crippen molar-refractivity contribution in [2.75, 3.05) is 0 Å². The van der Waals surface area contributed by atoms with E-state index in [2.05, 4.69) is 0 Å². The molecule has 0 aromatic carbocycles. The second-order valence-electron chi connectivity index (χ2n) is 2.45. The summed E-state index contributed by atoms with van der Waals surface area (Å²) in [6.45, 7) is 4.00. The quantitative estimate of drug-likeness (QED) is 0.580. The zero-order valence-electron chi connectivity index (χ0n) is 8.62. The van der Waals surface area contributed by atoms with Crippen LogP contribution < -0.4 is 4.73 Å². The fraction of sp³-hybridized carbons (Fsp3) is 0.333. The highest BCUT2D eigenvalue weighted by Crippen LogP contribution is 2.26. The van der Waals surface area contributed by atoms with Crippen LogP contribution in [0.3, 0.4) is 0 Å². The van der Waals surface area contributed by atoms with Gasteiger partial charge in [0.1, 0.15) is 0 Å². The van der Waals surface area contributed by atoms with Crippen molar-refractivity contribution < 1.29 is 33.0 Å². The fourth-order valence-corrected chi connectivity index (χ4v) is 0.837. The average Bonchev–Trinajstić information content (AvgIpc) is 2.19. The number of aromatic nitrogens is 1. The molecule has 0 radical (unpaired) electrons. The normalized spacial score (nSPS) is 10.3. The van der Waals surface area contributed by atoms with E-state index in [9.17, 15) is 18.0 Å². The molecule has 2 N–H and O–H groups in total. The van der Waals surface area contributed by atoms with Gasteiger partial charge in [-0.2, -0.15) is 13.2 Å². The summed E-state index contributed by atoms with van der Waals surface area (Å²) >= 11 is 0. The minimum absolute atomic E-state index is 0.174. The molecule has 0 aliphatic heterocycles. The topological polar surface area (TPSA) is 61.4 Å². The van der Waals surface area contributed by atoms with Crippen LogP contribution in [0.2, 0.25) is 0 Å². The van der Waals surface area contributed by atoms with E-state index in [1.165, 1.54) is 0 Å². The summed E-state index contributed by atoms with van der Waals surface area (Å²) in [6, 6.07) is 1.21. The zero-order valence-corrected chi connectivity index (χ0v) is 8.62. The predicted octanol–water partition coefficient (Wildman–Crippen LogP) is 1.95. The molecule has 0 spiro atoms. The molecular weight excluding hydrogens is 227 g/mol. The van der Waals surface area contributed by atoms with Crippen LogP contribution in [-0.2, 0) is 6.18 Å². The standard InChI is InChI=1S/C7H4F3NO3.C2H6/c8-7(9,10)5-3-4(6(12)13)1-2-11(5)14;1-2/h1-3H,(H-,12,13,14);1-2H3/p+1. The summed E-state index contributed by atoms with van der Waals surface area (Å²) in [7, 11) is 0. The molecule has 0 saturated heterocycles. The van der Waals surface area contributed by atoms with Crippen LogP contribution in [-0.4, -0.2) is 16.3 Å². The Hall–Kier alpha value is -1.79. The van der Waals surface area contributed by atoms with Gasteiger partial charge in [-0.3, -0.25) is 5.21 Å². The van der Waals surface area contributed by atoms with Crippen molar-refractivity contribution in [3.63, 3.8) is 0 Å². The Morgan fingerprint density at radius 2 is 1.88 bits per heavy atom. The molecule has 0 bridgehead atoms. The molecule has 0 aliphatic rings. The number of aromatic carboxylic acids is 1. The molecule has 1 aromatic heterocycles. The number of carboxylic acids is 1. The molecule has 0 unspecified atom stereocenters. The van der Waals surface area contributed by atoms with Crippen LogP contribution >= 0.6 is 0 Å². The Kier molecular flexibility index (Phi) is 4.74. The lowest BCUT2D eigenvalue weighted by atomic mass is 10.2. The number of carbonyl (C=O) groups is 1. The van der Waals surface area contributed by atoms with Crippen molar-refractivity contribution in [1.29, 1.82) is 0 Å². The Bertz CT molecular complexity index is 377. The van der Waals surface area contributed by atoms with Gasteiger partial charge in [-0.1, -0.05) is 13.8 Å². The maximum Gasteiger partial charge on any atom is 0.482 e. The van der Waals surface area contributed by atoms with Gasteiger partial charge in [-0.25, -0.2) is 4.79 Å². The van der Waals surface area contributed by atoms with Gasteiger partial charge in [0.2, 0.25) is 6.20 Å². The molecule has 1 rings (SSSR count). The summed E-state index contributed by atoms with van der Waals surface area (Å²) in [4.78, 5) is 10.3. The van der Waals surface area contributed by atoms with E-state index >= 15 is 0 Å². The lowest BCUT2D eigenvalue weighted by Crippen LogP contribution is -2.39. The minimum atomic E-state index is -4.79. The molecule has 0 amide bonds. The monoisotopic (exact) mass is 238 g/mol. The van der Waals surface area contributed by atoms with Gasteiger partial charge in [0.25, 0.3) is 0 Å². The van der Waals surface area contributed by atoms with Crippen LogP contribution in [0.5, 0.6) is 0 Å². The number of halogens is 3. The molecule has 16 heavy (non-hydrogen) atoms. The van der Waals surface area contributed by atoms with Crippen LogP contribution in [0, 0.1) is 0 Å². The van der Waals surface area contributed by atoms with E-state index in [1.807, 2.05) is 13.8 Å². The maximum absolute atomic E-state index is 12.1. The lowest BCUT2D eigenvalue weighted by Gasteiger charge is -2.01. The largest absolute Gasteiger partial charge is 0.482 e. The van der Waals surface area contributed by atoms with Gasteiger partial charge in [0.05, 0.1) is 5.56 Å². The van der Waals surface area contributed by atoms with E-state index in [1.54, 1.807) is 0 Å². The molecule has 0 fully saturated rings. The number of rotatable bonds is 1. The van der Waals surface area contributed by atoms with E-state index in [0.717, 1.165) is 6.07 Å². The number of hydrogen-bond donors (Lipinski definition) is 2. The highest BCUT2D eigenvalue weighted by molar-refractivity contribution is 5.87. The smallest absolute Gasteiger partial charge is 0.478 e. The van der Waals surface area contributed by atoms with Gasteiger partial charge < -0.3 is 5.11 Å². The van der Waals surface area contributed by atoms with E-state index in [4.69, 9.17) is 10.3 Å². The highest BCUT2D eigenvalue weighted by Gasteiger charge is 2.42. The summed E-state index contributed by atoms with van der Waals surface area (Å²) in [6.07, 6.45) is -4.17. The van der Waals surface area contributed by atoms with Crippen LogP contribution in [0.15, 0.2) is 18.3 Å². The maximum atomic E-state index is 12.1. The number of nitrogens with zero attached hydrogens (tertiary/aromatic N) is 1. The zero-order chi connectivity index (χ0) is 12.9. The number of alkyl halides is 3. The Balaban J connectivity index is 0.00000106. The second kappa shape index (κ2) is 5.34. The second-order valence-corrected chi connectivity index (χ2v) is 2.45. The minimum Gasteiger partial charge on any atom is -0.478 e. The molecule has 90 valence electrons.